The van der Waals surface area contributed by atoms with Gasteiger partial charge in [-0.05, 0) is 79.0 Å². The second-order valence-corrected chi connectivity index (χ2v) is 28.9. The maximum atomic E-state index is 12.3. The maximum absolute atomic E-state index is 12.3. The highest BCUT2D eigenvalue weighted by Crippen LogP contribution is 2.27. The molecule has 0 saturated heterocycles. The molecule has 0 bridgehead atoms. The highest BCUT2D eigenvalue weighted by molar-refractivity contribution is 8.00. The van der Waals surface area contributed by atoms with Crippen LogP contribution in [0.25, 0.3) is 11.0 Å². The third-order valence-corrected chi connectivity index (χ3v) is 16.1. The lowest BCUT2D eigenvalue weighted by atomic mass is 10.0. The van der Waals surface area contributed by atoms with Crippen molar-refractivity contribution in [3.8, 4) is 0 Å². The summed E-state index contributed by atoms with van der Waals surface area (Å²) in [6, 6.07) is 5.70. The molecule has 1 aromatic carbocycles. The highest BCUT2D eigenvalue weighted by Gasteiger charge is 2.18. The number of ketones is 2. The molecule has 6 nitrogen and oxygen atoms in total. The Hall–Kier alpha value is -0.920. The van der Waals surface area contributed by atoms with Crippen LogP contribution >= 0.6 is 70.6 Å². The summed E-state index contributed by atoms with van der Waals surface area (Å²) in [4.78, 5) is 43.2. The van der Waals surface area contributed by atoms with Crippen molar-refractivity contribution in [3.05, 3.63) is 58.4 Å². The largest absolute Gasteiger partial charge is 0.294 e. The van der Waals surface area contributed by atoms with Crippen LogP contribution in [0, 0.1) is 29.6 Å². The molecule has 2 unspecified atom stereocenters. The molecular weight excluding hydrogens is 917 g/mol. The molecule has 374 valence electrons. The molecule has 0 aliphatic carbocycles. The highest BCUT2D eigenvalue weighted by atomic mass is 32.2. The Kier molecular flexibility index (Phi) is 36.7. The molecule has 65 heavy (non-hydrogen) atoms. The molecule has 2 aromatic heterocycles. The Morgan fingerprint density at radius 3 is 1.14 bits per heavy atom. The first kappa shape index (κ1) is 66.2. The monoisotopic (exact) mass is 1010 g/mol. The third-order valence-electron chi connectivity index (χ3n) is 8.91. The van der Waals surface area contributed by atoms with Gasteiger partial charge in [-0.25, -0.2) is 15.0 Å². The first-order chi connectivity index (χ1) is 29.7. The SMILES string of the molecule is C.CC(C)C.CC(C)SCC(C)C(C)CSC(C)C.CC(C)SCc1nc2ccc(C(=O)C(C)C)cc2nc1CSC(C)C.CC(C)SCc1ncc(C(=O)C(C)C)nc1CSC(C)C. The molecule has 0 radical (unpaired) electrons. The zero-order valence-electron chi connectivity index (χ0n) is 44.0. The van der Waals surface area contributed by atoms with Gasteiger partial charge in [-0.15, -0.1) is 0 Å². The van der Waals surface area contributed by atoms with Crippen molar-refractivity contribution in [2.45, 2.75) is 207 Å². The molecule has 0 fully saturated rings. The number of aromatic nitrogens is 4. The molecule has 0 N–H and O–H groups in total. The summed E-state index contributed by atoms with van der Waals surface area (Å²) in [5.74, 6) is 8.76. The van der Waals surface area contributed by atoms with Crippen LogP contribution in [0.2, 0.25) is 0 Å². The molecule has 2 atom stereocenters. The summed E-state index contributed by atoms with van der Waals surface area (Å²) >= 11 is 11.6. The lowest BCUT2D eigenvalue weighted by molar-refractivity contribution is 0.0929. The second kappa shape index (κ2) is 36.1. The number of fused-ring (bicyclic) bond motifs is 1. The first-order valence-corrected chi connectivity index (χ1v) is 30.0. The van der Waals surface area contributed by atoms with E-state index >= 15 is 0 Å². The van der Waals surface area contributed by atoms with E-state index in [9.17, 15) is 9.59 Å². The topological polar surface area (TPSA) is 85.7 Å². The van der Waals surface area contributed by atoms with E-state index in [1.165, 1.54) is 11.5 Å². The standard InChI is InChI=1S/C20H28N2OS2.C16H26N2OS2.C12H26S2.C4H10.CH4/c1-12(2)20(23)15-7-8-16-17(9-15)22-19(11-25-14(5)6)18(21-16)10-24-13(3)4;1-10(2)16(19)13-7-17-14(8-20-11(3)4)15(18-13)9-21-12(5)6;1-9(2)13-7-11(5)12(6)8-14-10(3)4;1-4(2)3;/h7-9,12-14H,10-11H2,1-6H3;7,10-12H,8-9H2,1-6H3;9-12H,7-8H2,1-6H3;4H,1-3H3;1H4. The molecule has 0 saturated carbocycles. The lowest BCUT2D eigenvalue weighted by Gasteiger charge is -2.21. The molecule has 3 rings (SSSR count). The van der Waals surface area contributed by atoms with Gasteiger partial charge in [-0.1, -0.05) is 153 Å². The van der Waals surface area contributed by atoms with Crippen molar-refractivity contribution < 1.29 is 9.59 Å². The number of benzene rings is 1. The molecule has 3 aromatic rings. The van der Waals surface area contributed by atoms with Crippen LogP contribution in [0.3, 0.4) is 0 Å². The lowest BCUT2D eigenvalue weighted by Crippen LogP contribution is -2.15. The van der Waals surface area contributed by atoms with Crippen molar-refractivity contribution in [3.63, 3.8) is 0 Å². The zero-order chi connectivity index (χ0) is 49.3. The van der Waals surface area contributed by atoms with Gasteiger partial charge in [0, 0.05) is 40.4 Å². The molecule has 0 aliphatic heterocycles. The Bertz CT molecular complexity index is 1730. The van der Waals surface area contributed by atoms with Crippen LogP contribution in [0.15, 0.2) is 24.4 Å². The molecule has 0 aliphatic rings. The normalized spacial score (nSPS) is 12.4. The number of thioether (sulfide) groups is 6. The van der Waals surface area contributed by atoms with E-state index < -0.39 is 0 Å². The Morgan fingerprint density at radius 2 is 0.785 bits per heavy atom. The Morgan fingerprint density at radius 1 is 0.446 bits per heavy atom. The van der Waals surface area contributed by atoms with Crippen molar-refractivity contribution in [2.24, 2.45) is 29.6 Å². The van der Waals surface area contributed by atoms with Gasteiger partial charge < -0.3 is 0 Å². The molecule has 2 heterocycles. The van der Waals surface area contributed by atoms with Gasteiger partial charge in [0.15, 0.2) is 11.6 Å². The minimum Gasteiger partial charge on any atom is -0.294 e. The van der Waals surface area contributed by atoms with Gasteiger partial charge in [-0.3, -0.25) is 14.6 Å². The van der Waals surface area contributed by atoms with E-state index in [4.69, 9.17) is 9.97 Å². The van der Waals surface area contributed by atoms with E-state index in [1.54, 1.807) is 6.20 Å². The fourth-order valence-electron chi connectivity index (χ4n) is 4.95. The van der Waals surface area contributed by atoms with Crippen LogP contribution in [-0.2, 0) is 23.0 Å². The van der Waals surface area contributed by atoms with Crippen LogP contribution in [0.5, 0.6) is 0 Å². The predicted molar refractivity (Wildman–Crippen MR) is 306 cm³/mol. The van der Waals surface area contributed by atoms with Gasteiger partial charge in [0.1, 0.15) is 5.69 Å². The number of carbonyl (C=O) groups excluding carboxylic acids is 2. The number of carbonyl (C=O) groups is 2. The van der Waals surface area contributed by atoms with Gasteiger partial charge in [0.2, 0.25) is 0 Å². The number of Topliss-reactive ketones (excluding diaryl/α,β-unsaturated/α-hetero) is 2. The van der Waals surface area contributed by atoms with E-state index in [0.29, 0.717) is 26.7 Å². The summed E-state index contributed by atoms with van der Waals surface area (Å²) in [6.07, 6.45) is 1.64. The Balaban J connectivity index is 0. The van der Waals surface area contributed by atoms with E-state index in [2.05, 4.69) is 151 Å². The smallest absolute Gasteiger partial charge is 0.185 e. The average Bonchev–Trinajstić information content (AvgIpc) is 3.20. The van der Waals surface area contributed by atoms with Crippen LogP contribution < -0.4 is 0 Å². The first-order valence-electron chi connectivity index (χ1n) is 23.7. The predicted octanol–water partition coefficient (Wildman–Crippen LogP) is 17.2. The molecule has 12 heteroatoms. The molecule has 0 amide bonds. The summed E-state index contributed by atoms with van der Waals surface area (Å²) in [5, 5.41) is 3.78. The number of hydrogen-bond donors (Lipinski definition) is 0. The number of hydrogen-bond acceptors (Lipinski definition) is 12. The number of nitrogens with zero attached hydrogens (tertiary/aromatic N) is 4. The van der Waals surface area contributed by atoms with Gasteiger partial charge in [-0.2, -0.15) is 70.6 Å². The summed E-state index contributed by atoms with van der Waals surface area (Å²) in [5.41, 5.74) is 7.03. The summed E-state index contributed by atoms with van der Waals surface area (Å²) < 4.78 is 0. The van der Waals surface area contributed by atoms with E-state index in [0.717, 1.165) is 90.6 Å². The van der Waals surface area contributed by atoms with Crippen molar-refractivity contribution in [1.29, 1.82) is 0 Å². The third kappa shape index (κ3) is 31.0. The summed E-state index contributed by atoms with van der Waals surface area (Å²) in [7, 11) is 0. The van der Waals surface area contributed by atoms with Gasteiger partial charge in [0.05, 0.1) is 40.0 Å². The number of rotatable bonds is 23. The van der Waals surface area contributed by atoms with Gasteiger partial charge >= 0.3 is 0 Å². The summed E-state index contributed by atoms with van der Waals surface area (Å²) in [6.45, 7) is 45.5. The van der Waals surface area contributed by atoms with E-state index in [-0.39, 0.29) is 30.8 Å². The molecular formula is C53H94N4O2S6. The van der Waals surface area contributed by atoms with E-state index in [1.807, 2.05) is 92.9 Å². The Labute approximate surface area is 426 Å². The molecule has 0 spiro atoms. The minimum atomic E-state index is -0.0409. The van der Waals surface area contributed by atoms with Crippen LogP contribution in [0.1, 0.15) is 196 Å². The maximum Gasteiger partial charge on any atom is 0.185 e. The average molecular weight is 1010 g/mol. The fourth-order valence-corrected chi connectivity index (χ4v) is 9.88. The van der Waals surface area contributed by atoms with Gasteiger partial charge in [0.25, 0.3) is 0 Å². The van der Waals surface area contributed by atoms with Crippen molar-refractivity contribution in [1.82, 2.24) is 19.9 Å². The second-order valence-electron chi connectivity index (χ2n) is 19.4. The van der Waals surface area contributed by atoms with Crippen LogP contribution in [0.4, 0.5) is 0 Å². The van der Waals surface area contributed by atoms with Crippen LogP contribution in [-0.4, -0.2) is 74.5 Å². The van der Waals surface area contributed by atoms with Crippen molar-refractivity contribution >= 4 is 93.2 Å². The minimum absolute atomic E-state index is 0. The fraction of sp³-hybridized carbons (Fsp3) is 0.736. The van der Waals surface area contributed by atoms with Crippen molar-refractivity contribution in [2.75, 3.05) is 11.5 Å². The zero-order valence-corrected chi connectivity index (χ0v) is 48.9. The quantitative estimate of drug-likeness (QED) is 0.0848.